The fourth-order valence-electron chi connectivity index (χ4n) is 2.51. The van der Waals surface area contributed by atoms with Gasteiger partial charge in [0.05, 0.1) is 0 Å². The third-order valence-corrected chi connectivity index (χ3v) is 4.19. The molecule has 0 spiro atoms. The van der Waals surface area contributed by atoms with E-state index in [1.807, 2.05) is 6.07 Å². The molecule has 3 rings (SSSR count). The van der Waals surface area contributed by atoms with E-state index in [0.29, 0.717) is 39.7 Å². The molecule has 0 radical (unpaired) electrons. The fourth-order valence-corrected chi connectivity index (χ4v) is 2.84. The summed E-state index contributed by atoms with van der Waals surface area (Å²) in [5, 5.41) is 6.65. The second kappa shape index (κ2) is 8.25. The number of alkyl halides is 1. The van der Waals surface area contributed by atoms with E-state index in [1.165, 1.54) is 0 Å². The Morgan fingerprint density at radius 1 is 1.04 bits per heavy atom. The van der Waals surface area contributed by atoms with Crippen molar-refractivity contribution in [2.75, 3.05) is 16.5 Å². The zero-order valence-corrected chi connectivity index (χ0v) is 15.2. The van der Waals surface area contributed by atoms with Crippen molar-refractivity contribution in [3.05, 3.63) is 59.3 Å². The van der Waals surface area contributed by atoms with Gasteiger partial charge < -0.3 is 15.1 Å². The fraction of sp³-hybridized carbons (Fsp3) is 0.158. The highest BCUT2D eigenvalue weighted by molar-refractivity contribution is 6.31. The minimum atomic E-state index is -0.476. The van der Waals surface area contributed by atoms with Gasteiger partial charge in [-0.05, 0) is 36.8 Å². The second-order valence-electron chi connectivity index (χ2n) is 5.61. The zero-order valence-electron chi connectivity index (χ0n) is 13.7. The third-order valence-electron chi connectivity index (χ3n) is 3.69. The van der Waals surface area contributed by atoms with Crippen LogP contribution in [0.2, 0.25) is 5.02 Å². The molecule has 1 heterocycles. The average molecular weight is 391 g/mol. The molecule has 2 N–H and O–H groups in total. The lowest BCUT2D eigenvalue weighted by Crippen LogP contribution is -2.17. The molecule has 26 heavy (non-hydrogen) atoms. The molecule has 2 aromatic carbocycles. The lowest BCUT2D eigenvalue weighted by atomic mass is 10.2. The third kappa shape index (κ3) is 4.18. The number of carbonyl (C=O) groups is 2. The van der Waals surface area contributed by atoms with Crippen LogP contribution in [0.3, 0.4) is 0 Å². The van der Waals surface area contributed by atoms with Crippen molar-refractivity contribution < 1.29 is 14.0 Å². The number of anilines is 2. The number of rotatable bonds is 6. The number of furan rings is 1. The van der Waals surface area contributed by atoms with E-state index in [-0.39, 0.29) is 18.1 Å². The number of amides is 2. The summed E-state index contributed by atoms with van der Waals surface area (Å²) in [4.78, 5) is 24.8. The minimum Gasteiger partial charge on any atom is -0.449 e. The van der Waals surface area contributed by atoms with Gasteiger partial charge in [-0.2, -0.15) is 0 Å². The summed E-state index contributed by atoms with van der Waals surface area (Å²) in [6.07, 6.45) is 0.811. The summed E-state index contributed by atoms with van der Waals surface area (Å²) in [6.45, 7) is 0. The molecule has 134 valence electrons. The minimum absolute atomic E-state index is 0.0328. The lowest BCUT2D eigenvalue weighted by molar-refractivity contribution is -0.116. The molecule has 0 atom stereocenters. The van der Waals surface area contributed by atoms with Gasteiger partial charge in [-0.25, -0.2) is 0 Å². The molecular formula is C19H16Cl2N2O3. The molecule has 0 aliphatic heterocycles. The van der Waals surface area contributed by atoms with Gasteiger partial charge in [0.25, 0.3) is 5.91 Å². The molecule has 0 unspecified atom stereocenters. The van der Waals surface area contributed by atoms with Gasteiger partial charge in [0.1, 0.15) is 11.3 Å². The molecular weight excluding hydrogens is 375 g/mol. The number of fused-ring (bicyclic) bond motifs is 1. The molecule has 0 aliphatic rings. The van der Waals surface area contributed by atoms with Crippen LogP contribution in [0.1, 0.15) is 23.4 Å². The average Bonchev–Trinajstić information content (AvgIpc) is 2.99. The largest absolute Gasteiger partial charge is 0.449 e. The number of hydrogen-bond donors (Lipinski definition) is 2. The van der Waals surface area contributed by atoms with Crippen LogP contribution in [-0.4, -0.2) is 17.7 Å². The highest BCUT2D eigenvalue weighted by Crippen LogP contribution is 2.31. The molecule has 2 amide bonds. The molecule has 0 saturated heterocycles. The van der Waals surface area contributed by atoms with Crippen molar-refractivity contribution in [1.29, 1.82) is 0 Å². The normalized spacial score (nSPS) is 10.7. The van der Waals surface area contributed by atoms with E-state index in [0.717, 1.165) is 0 Å². The summed E-state index contributed by atoms with van der Waals surface area (Å²) in [7, 11) is 0. The Balaban J connectivity index is 1.92. The molecule has 0 aliphatic carbocycles. The molecule has 7 heteroatoms. The van der Waals surface area contributed by atoms with Crippen molar-refractivity contribution in [3.63, 3.8) is 0 Å². The number of hydrogen-bond acceptors (Lipinski definition) is 3. The Labute approximate surface area is 160 Å². The van der Waals surface area contributed by atoms with Crippen LogP contribution in [0.4, 0.5) is 11.4 Å². The van der Waals surface area contributed by atoms with Gasteiger partial charge >= 0.3 is 0 Å². The summed E-state index contributed by atoms with van der Waals surface area (Å²) in [5.41, 5.74) is 1.39. The standard InChI is InChI=1S/C19H16Cl2N2O3/c20-10-4-9-16(24)23-17-14-7-1-2-8-15(14)26-18(17)19(25)22-13-6-3-5-12(21)11-13/h1-3,5-8,11H,4,9-10H2,(H,22,25)(H,23,24). The maximum atomic E-state index is 12.7. The first-order chi connectivity index (χ1) is 12.6. The van der Waals surface area contributed by atoms with Crippen LogP contribution in [-0.2, 0) is 4.79 Å². The topological polar surface area (TPSA) is 71.3 Å². The Kier molecular flexibility index (Phi) is 5.81. The maximum Gasteiger partial charge on any atom is 0.293 e. The monoisotopic (exact) mass is 390 g/mol. The van der Waals surface area contributed by atoms with E-state index in [1.54, 1.807) is 42.5 Å². The smallest absolute Gasteiger partial charge is 0.293 e. The summed E-state index contributed by atoms with van der Waals surface area (Å²) < 4.78 is 5.68. The first-order valence-electron chi connectivity index (χ1n) is 8.03. The first-order valence-corrected chi connectivity index (χ1v) is 8.94. The van der Waals surface area contributed by atoms with Crippen molar-refractivity contribution >= 4 is 57.4 Å². The number of benzene rings is 2. The molecule has 0 saturated carbocycles. The zero-order chi connectivity index (χ0) is 18.5. The summed E-state index contributed by atoms with van der Waals surface area (Å²) >= 11 is 11.6. The Bertz CT molecular complexity index is 953. The number of para-hydroxylation sites is 1. The van der Waals surface area contributed by atoms with Crippen LogP contribution in [0.15, 0.2) is 52.9 Å². The van der Waals surface area contributed by atoms with Gasteiger partial charge in [-0.3, -0.25) is 9.59 Å². The number of carbonyl (C=O) groups excluding carboxylic acids is 2. The lowest BCUT2D eigenvalue weighted by Gasteiger charge is -2.07. The Morgan fingerprint density at radius 3 is 2.62 bits per heavy atom. The van der Waals surface area contributed by atoms with E-state index in [2.05, 4.69) is 10.6 Å². The second-order valence-corrected chi connectivity index (χ2v) is 6.42. The predicted molar refractivity (Wildman–Crippen MR) is 104 cm³/mol. The van der Waals surface area contributed by atoms with E-state index < -0.39 is 5.91 Å². The maximum absolute atomic E-state index is 12.7. The summed E-state index contributed by atoms with van der Waals surface area (Å²) in [6, 6.07) is 13.9. The van der Waals surface area contributed by atoms with E-state index in [4.69, 9.17) is 27.6 Å². The SMILES string of the molecule is O=C(CCCCl)Nc1c(C(=O)Nc2cccc(Cl)c2)oc2ccccc12. The van der Waals surface area contributed by atoms with Crippen LogP contribution < -0.4 is 10.6 Å². The Morgan fingerprint density at radius 2 is 1.85 bits per heavy atom. The molecule has 5 nitrogen and oxygen atoms in total. The number of halogens is 2. The van der Waals surface area contributed by atoms with Crippen LogP contribution in [0, 0.1) is 0 Å². The van der Waals surface area contributed by atoms with Gasteiger partial charge in [0.2, 0.25) is 11.7 Å². The quantitative estimate of drug-likeness (QED) is 0.561. The first kappa shape index (κ1) is 18.3. The molecule has 0 fully saturated rings. The van der Waals surface area contributed by atoms with Crippen molar-refractivity contribution in [1.82, 2.24) is 0 Å². The van der Waals surface area contributed by atoms with Crippen molar-refractivity contribution in [2.45, 2.75) is 12.8 Å². The van der Waals surface area contributed by atoms with Crippen LogP contribution in [0.25, 0.3) is 11.0 Å². The Hall–Kier alpha value is -2.50. The molecule has 1 aromatic heterocycles. The van der Waals surface area contributed by atoms with E-state index >= 15 is 0 Å². The molecule has 3 aromatic rings. The highest BCUT2D eigenvalue weighted by atomic mass is 35.5. The van der Waals surface area contributed by atoms with Crippen molar-refractivity contribution in [3.8, 4) is 0 Å². The number of nitrogens with one attached hydrogen (secondary N) is 2. The van der Waals surface area contributed by atoms with Gasteiger partial charge in [0, 0.05) is 28.4 Å². The van der Waals surface area contributed by atoms with Gasteiger partial charge in [-0.15, -0.1) is 11.6 Å². The van der Waals surface area contributed by atoms with Crippen LogP contribution in [0.5, 0.6) is 0 Å². The predicted octanol–water partition coefficient (Wildman–Crippen LogP) is 5.30. The summed E-state index contributed by atoms with van der Waals surface area (Å²) in [5.74, 6) is -0.280. The van der Waals surface area contributed by atoms with E-state index in [9.17, 15) is 9.59 Å². The van der Waals surface area contributed by atoms with Crippen molar-refractivity contribution in [2.24, 2.45) is 0 Å². The van der Waals surface area contributed by atoms with Gasteiger partial charge in [0.15, 0.2) is 0 Å². The van der Waals surface area contributed by atoms with Crippen LogP contribution >= 0.6 is 23.2 Å². The highest BCUT2D eigenvalue weighted by Gasteiger charge is 2.22. The molecule has 0 bridgehead atoms. The van der Waals surface area contributed by atoms with Gasteiger partial charge in [-0.1, -0.05) is 29.8 Å².